The number of nitrogens with zero attached hydrogens (tertiary/aromatic N) is 4. The van der Waals surface area contributed by atoms with Gasteiger partial charge >= 0.3 is 0 Å². The largest absolute Gasteiger partial charge is 0.308 e. The van der Waals surface area contributed by atoms with Crippen LogP contribution in [0, 0.1) is 0 Å². The highest BCUT2D eigenvalue weighted by molar-refractivity contribution is 5.09. The van der Waals surface area contributed by atoms with E-state index in [4.69, 9.17) is 0 Å². The highest BCUT2D eigenvalue weighted by atomic mass is 15.3. The van der Waals surface area contributed by atoms with Crippen LogP contribution in [-0.2, 0) is 7.05 Å². The Morgan fingerprint density at radius 3 is 2.83 bits per heavy atom. The van der Waals surface area contributed by atoms with Crippen molar-refractivity contribution in [3.8, 4) is 0 Å². The van der Waals surface area contributed by atoms with Crippen LogP contribution in [0.25, 0.3) is 0 Å². The van der Waals surface area contributed by atoms with Crippen molar-refractivity contribution in [1.29, 1.82) is 0 Å². The van der Waals surface area contributed by atoms with Crippen molar-refractivity contribution < 1.29 is 0 Å². The van der Waals surface area contributed by atoms with E-state index in [1.165, 1.54) is 12.1 Å². The summed E-state index contributed by atoms with van der Waals surface area (Å²) in [4.78, 5) is 4.85. The number of nitrogens with one attached hydrogen (secondary N) is 1. The fourth-order valence-electron chi connectivity index (χ4n) is 2.42. The van der Waals surface area contributed by atoms with Crippen molar-refractivity contribution in [2.45, 2.75) is 19.0 Å². The van der Waals surface area contributed by atoms with Crippen LogP contribution in [0.3, 0.4) is 0 Å². The highest BCUT2D eigenvalue weighted by Crippen LogP contribution is 2.11. The van der Waals surface area contributed by atoms with Gasteiger partial charge in [-0.25, -0.2) is 0 Å². The molecule has 0 saturated carbocycles. The third-order valence-electron chi connectivity index (χ3n) is 3.86. The van der Waals surface area contributed by atoms with E-state index in [-0.39, 0.29) is 0 Å². The van der Waals surface area contributed by atoms with E-state index in [1.54, 1.807) is 0 Å². The van der Waals surface area contributed by atoms with Gasteiger partial charge in [-0.05, 0) is 21.0 Å². The number of rotatable bonds is 4. The maximum Gasteiger partial charge on any atom is 0.0537 e. The Balaban J connectivity index is 1.83. The first-order valence-electron chi connectivity index (χ1n) is 6.67. The molecule has 1 aliphatic heterocycles. The third kappa shape index (κ3) is 3.31. The average molecular weight is 251 g/mol. The Morgan fingerprint density at radius 1 is 1.39 bits per heavy atom. The molecule has 18 heavy (non-hydrogen) atoms. The molecule has 1 saturated heterocycles. The van der Waals surface area contributed by atoms with Crippen LogP contribution in [0.5, 0.6) is 0 Å². The molecule has 102 valence electrons. The zero-order chi connectivity index (χ0) is 13.1. The summed E-state index contributed by atoms with van der Waals surface area (Å²) < 4.78 is 1.86. The molecule has 1 N–H and O–H groups in total. The highest BCUT2D eigenvalue weighted by Gasteiger charge is 2.22. The van der Waals surface area contributed by atoms with E-state index in [0.717, 1.165) is 19.6 Å². The molecule has 1 fully saturated rings. The minimum absolute atomic E-state index is 0.360. The lowest BCUT2D eigenvalue weighted by molar-refractivity contribution is 0.112. The number of likely N-dealkylation sites (N-methyl/N-ethyl adjacent to an activating group) is 2. The van der Waals surface area contributed by atoms with E-state index >= 15 is 0 Å². The van der Waals surface area contributed by atoms with Crippen molar-refractivity contribution in [2.24, 2.45) is 7.05 Å². The Bertz CT molecular complexity index is 375. The molecule has 2 atom stereocenters. The first kappa shape index (κ1) is 13.5. The lowest BCUT2D eigenvalue weighted by Gasteiger charge is -2.38. The number of aryl methyl sites for hydroxylation is 1. The van der Waals surface area contributed by atoms with E-state index in [9.17, 15) is 0 Å². The molecule has 2 heterocycles. The van der Waals surface area contributed by atoms with Gasteiger partial charge in [0.05, 0.1) is 6.20 Å². The van der Waals surface area contributed by atoms with Gasteiger partial charge in [-0.3, -0.25) is 9.58 Å². The lowest BCUT2D eigenvalue weighted by Crippen LogP contribution is -2.53. The standard InChI is InChI=1S/C13H25N5/c1-11(12-7-15-18(4)9-12)14-8-13-10-16(2)5-6-17(13)3/h7,9,11,13-14H,5-6,8,10H2,1-4H3. The quantitative estimate of drug-likeness (QED) is 0.836. The van der Waals surface area contributed by atoms with E-state index in [1.807, 2.05) is 17.9 Å². The molecular weight excluding hydrogens is 226 g/mol. The van der Waals surface area contributed by atoms with Gasteiger partial charge in [0.15, 0.2) is 0 Å². The van der Waals surface area contributed by atoms with Crippen LogP contribution in [0.1, 0.15) is 18.5 Å². The normalized spacial score (nSPS) is 24.3. The topological polar surface area (TPSA) is 36.3 Å². The summed E-state index contributed by atoms with van der Waals surface area (Å²) in [6.45, 7) is 6.69. The fourth-order valence-corrected chi connectivity index (χ4v) is 2.42. The van der Waals surface area contributed by atoms with Gasteiger partial charge < -0.3 is 10.2 Å². The molecule has 0 amide bonds. The molecule has 0 aliphatic carbocycles. The number of hydrogen-bond donors (Lipinski definition) is 1. The van der Waals surface area contributed by atoms with Gasteiger partial charge in [-0.2, -0.15) is 5.10 Å². The molecule has 2 unspecified atom stereocenters. The smallest absolute Gasteiger partial charge is 0.0537 e. The molecule has 0 aromatic carbocycles. The monoisotopic (exact) mass is 251 g/mol. The summed E-state index contributed by atoms with van der Waals surface area (Å²) in [5.74, 6) is 0. The molecule has 1 aliphatic rings. The van der Waals surface area contributed by atoms with Crippen LogP contribution in [0.2, 0.25) is 0 Å². The number of piperazine rings is 1. The van der Waals surface area contributed by atoms with Gasteiger partial charge in [0.1, 0.15) is 0 Å². The second kappa shape index (κ2) is 5.82. The minimum atomic E-state index is 0.360. The van der Waals surface area contributed by atoms with Crippen molar-refractivity contribution >= 4 is 0 Å². The van der Waals surface area contributed by atoms with Gasteiger partial charge in [-0.1, -0.05) is 0 Å². The Kier molecular flexibility index (Phi) is 4.37. The minimum Gasteiger partial charge on any atom is -0.308 e. The van der Waals surface area contributed by atoms with Crippen LogP contribution in [0.15, 0.2) is 12.4 Å². The summed E-state index contributed by atoms with van der Waals surface area (Å²) in [6, 6.07) is 0.960. The predicted molar refractivity (Wildman–Crippen MR) is 73.5 cm³/mol. The molecular formula is C13H25N5. The maximum atomic E-state index is 4.22. The average Bonchev–Trinajstić information content (AvgIpc) is 2.77. The van der Waals surface area contributed by atoms with Crippen LogP contribution >= 0.6 is 0 Å². The molecule has 1 aromatic heterocycles. The molecule has 2 rings (SSSR count). The SMILES string of the molecule is CC(NCC1CN(C)CCN1C)c1cnn(C)c1. The number of hydrogen-bond acceptors (Lipinski definition) is 4. The summed E-state index contributed by atoms with van der Waals surface area (Å²) in [7, 11) is 6.37. The Morgan fingerprint density at radius 2 is 2.17 bits per heavy atom. The molecule has 0 bridgehead atoms. The van der Waals surface area contributed by atoms with Crippen LogP contribution in [0.4, 0.5) is 0 Å². The summed E-state index contributed by atoms with van der Waals surface area (Å²) in [5, 5.41) is 7.83. The zero-order valence-corrected chi connectivity index (χ0v) is 11.9. The van der Waals surface area contributed by atoms with Crippen molar-refractivity contribution in [3.63, 3.8) is 0 Å². The van der Waals surface area contributed by atoms with Gasteiger partial charge in [0.25, 0.3) is 0 Å². The first-order valence-corrected chi connectivity index (χ1v) is 6.67. The van der Waals surface area contributed by atoms with E-state index in [0.29, 0.717) is 12.1 Å². The second-order valence-corrected chi connectivity index (χ2v) is 5.47. The lowest BCUT2D eigenvalue weighted by atomic mass is 10.1. The fraction of sp³-hybridized carbons (Fsp3) is 0.769. The summed E-state index contributed by atoms with van der Waals surface area (Å²) >= 11 is 0. The summed E-state index contributed by atoms with van der Waals surface area (Å²) in [6.07, 6.45) is 4.02. The molecule has 5 nitrogen and oxygen atoms in total. The van der Waals surface area contributed by atoms with Crippen molar-refractivity contribution in [3.05, 3.63) is 18.0 Å². The predicted octanol–water partition coefficient (Wildman–Crippen LogP) is 0.317. The van der Waals surface area contributed by atoms with Crippen LogP contribution < -0.4 is 5.32 Å². The van der Waals surface area contributed by atoms with Crippen LogP contribution in [-0.4, -0.2) is 65.9 Å². The maximum absolute atomic E-state index is 4.22. The van der Waals surface area contributed by atoms with E-state index < -0.39 is 0 Å². The van der Waals surface area contributed by atoms with Gasteiger partial charge in [0.2, 0.25) is 0 Å². The number of aromatic nitrogens is 2. The van der Waals surface area contributed by atoms with Crippen molar-refractivity contribution in [1.82, 2.24) is 24.9 Å². The molecule has 0 radical (unpaired) electrons. The summed E-state index contributed by atoms with van der Waals surface area (Å²) in [5.41, 5.74) is 1.25. The second-order valence-electron chi connectivity index (χ2n) is 5.47. The molecule has 5 heteroatoms. The van der Waals surface area contributed by atoms with E-state index in [2.05, 4.69) is 47.4 Å². The zero-order valence-electron chi connectivity index (χ0n) is 11.9. The first-order chi connectivity index (χ1) is 8.56. The Labute approximate surface area is 110 Å². The van der Waals surface area contributed by atoms with Gasteiger partial charge in [0, 0.05) is 57.1 Å². The van der Waals surface area contributed by atoms with Crippen molar-refractivity contribution in [2.75, 3.05) is 40.3 Å². The Hall–Kier alpha value is -0.910. The third-order valence-corrected chi connectivity index (χ3v) is 3.86. The molecule has 1 aromatic rings. The van der Waals surface area contributed by atoms with Gasteiger partial charge in [-0.15, -0.1) is 0 Å². The molecule has 0 spiro atoms.